The maximum atomic E-state index is 12.2. The molecule has 2 aromatic carbocycles. The summed E-state index contributed by atoms with van der Waals surface area (Å²) in [5.74, 6) is -0.0632. The lowest BCUT2D eigenvalue weighted by Gasteiger charge is -2.15. The number of fused-ring (bicyclic) bond motifs is 1. The summed E-state index contributed by atoms with van der Waals surface area (Å²) in [6, 6.07) is 15.1. The van der Waals surface area contributed by atoms with Crippen LogP contribution >= 0.6 is 11.3 Å². The second kappa shape index (κ2) is 6.15. The number of thiazole rings is 1. The molecule has 0 saturated carbocycles. The van der Waals surface area contributed by atoms with Gasteiger partial charge in [-0.3, -0.25) is 4.79 Å². The molecule has 0 spiro atoms. The summed E-state index contributed by atoms with van der Waals surface area (Å²) in [6.07, 6.45) is 0. The highest BCUT2D eigenvalue weighted by Crippen LogP contribution is 2.25. The minimum absolute atomic E-state index is 0.0632. The predicted octanol–water partition coefficient (Wildman–Crippen LogP) is 4.04. The molecule has 22 heavy (non-hydrogen) atoms. The highest BCUT2D eigenvalue weighted by atomic mass is 32.1. The Hall–Kier alpha value is -2.40. The standard InChI is InChI=1S/C17H17N3OS/c1-11(17(21)20-13-6-4-3-5-7-13)18-14-8-9-15-16(10-14)22-12(2)19-15/h3-11,18H,1-2H3,(H,20,21)/t11-/m1/s1. The fourth-order valence-corrected chi connectivity index (χ4v) is 3.08. The van der Waals surface area contributed by atoms with Crippen molar-refractivity contribution < 1.29 is 4.79 Å². The molecule has 0 aliphatic heterocycles. The minimum Gasteiger partial charge on any atom is -0.374 e. The van der Waals surface area contributed by atoms with Crippen LogP contribution in [-0.2, 0) is 4.79 Å². The first-order valence-electron chi connectivity index (χ1n) is 7.11. The monoisotopic (exact) mass is 311 g/mol. The Bertz CT molecular complexity index is 798. The lowest BCUT2D eigenvalue weighted by molar-refractivity contribution is -0.116. The van der Waals surface area contributed by atoms with Crippen molar-refractivity contribution in [2.24, 2.45) is 0 Å². The molecular formula is C17H17N3OS. The number of benzene rings is 2. The molecule has 0 aliphatic carbocycles. The number of hydrogen-bond donors (Lipinski definition) is 2. The van der Waals surface area contributed by atoms with Crippen molar-refractivity contribution in [1.82, 2.24) is 4.98 Å². The van der Waals surface area contributed by atoms with Crippen LogP contribution in [-0.4, -0.2) is 16.9 Å². The fourth-order valence-electron chi connectivity index (χ4n) is 2.22. The molecule has 0 bridgehead atoms. The van der Waals surface area contributed by atoms with Gasteiger partial charge in [-0.2, -0.15) is 0 Å². The fraction of sp³-hybridized carbons (Fsp3) is 0.176. The molecule has 0 radical (unpaired) electrons. The molecule has 1 aromatic heterocycles. The number of nitrogens with one attached hydrogen (secondary N) is 2. The Morgan fingerprint density at radius 2 is 1.91 bits per heavy atom. The summed E-state index contributed by atoms with van der Waals surface area (Å²) in [4.78, 5) is 16.6. The maximum Gasteiger partial charge on any atom is 0.246 e. The molecular weight excluding hydrogens is 294 g/mol. The van der Waals surface area contributed by atoms with E-state index in [1.54, 1.807) is 11.3 Å². The maximum absolute atomic E-state index is 12.2. The van der Waals surface area contributed by atoms with Crippen LogP contribution in [0.2, 0.25) is 0 Å². The van der Waals surface area contributed by atoms with Gasteiger partial charge in [0.1, 0.15) is 6.04 Å². The number of aryl methyl sites for hydroxylation is 1. The van der Waals surface area contributed by atoms with E-state index >= 15 is 0 Å². The molecule has 0 aliphatic rings. The zero-order valence-electron chi connectivity index (χ0n) is 12.5. The van der Waals surface area contributed by atoms with E-state index in [2.05, 4.69) is 15.6 Å². The van der Waals surface area contributed by atoms with Crippen LogP contribution in [0.25, 0.3) is 10.2 Å². The van der Waals surface area contributed by atoms with E-state index < -0.39 is 0 Å². The van der Waals surface area contributed by atoms with Crippen molar-refractivity contribution in [1.29, 1.82) is 0 Å². The van der Waals surface area contributed by atoms with Crippen LogP contribution in [0.4, 0.5) is 11.4 Å². The summed E-state index contributed by atoms with van der Waals surface area (Å²) >= 11 is 1.65. The smallest absolute Gasteiger partial charge is 0.246 e. The number of para-hydroxylation sites is 1. The second-order valence-corrected chi connectivity index (χ2v) is 6.37. The van der Waals surface area contributed by atoms with Gasteiger partial charge in [-0.05, 0) is 44.2 Å². The van der Waals surface area contributed by atoms with Gasteiger partial charge in [0.15, 0.2) is 0 Å². The molecule has 1 amide bonds. The van der Waals surface area contributed by atoms with E-state index in [4.69, 9.17) is 0 Å². The summed E-state index contributed by atoms with van der Waals surface area (Å²) in [7, 11) is 0. The molecule has 0 fully saturated rings. The Labute approximate surface area is 133 Å². The van der Waals surface area contributed by atoms with Crippen molar-refractivity contribution in [3.05, 3.63) is 53.5 Å². The number of carbonyl (C=O) groups is 1. The highest BCUT2D eigenvalue weighted by Gasteiger charge is 2.13. The van der Waals surface area contributed by atoms with E-state index in [9.17, 15) is 4.79 Å². The van der Waals surface area contributed by atoms with Gasteiger partial charge in [-0.1, -0.05) is 18.2 Å². The number of rotatable bonds is 4. The number of amides is 1. The van der Waals surface area contributed by atoms with Crippen LogP contribution in [0.1, 0.15) is 11.9 Å². The van der Waals surface area contributed by atoms with E-state index in [1.165, 1.54) is 0 Å². The average Bonchev–Trinajstić information content (AvgIpc) is 2.87. The van der Waals surface area contributed by atoms with Crippen molar-refractivity contribution in [3.8, 4) is 0 Å². The van der Waals surface area contributed by atoms with Crippen molar-refractivity contribution in [3.63, 3.8) is 0 Å². The average molecular weight is 311 g/mol. The van der Waals surface area contributed by atoms with Crippen LogP contribution in [0.3, 0.4) is 0 Å². The van der Waals surface area contributed by atoms with Gasteiger partial charge >= 0.3 is 0 Å². The van der Waals surface area contributed by atoms with Gasteiger partial charge in [-0.15, -0.1) is 11.3 Å². The molecule has 0 unspecified atom stereocenters. The van der Waals surface area contributed by atoms with Crippen molar-refractivity contribution in [2.75, 3.05) is 10.6 Å². The number of nitrogens with zero attached hydrogens (tertiary/aromatic N) is 1. The van der Waals surface area contributed by atoms with E-state index in [0.717, 1.165) is 26.6 Å². The summed E-state index contributed by atoms with van der Waals surface area (Å²) in [5.41, 5.74) is 2.72. The van der Waals surface area contributed by atoms with Crippen molar-refractivity contribution in [2.45, 2.75) is 19.9 Å². The number of anilines is 2. The van der Waals surface area contributed by atoms with Gasteiger partial charge < -0.3 is 10.6 Å². The summed E-state index contributed by atoms with van der Waals surface area (Å²) in [6.45, 7) is 3.84. The molecule has 3 rings (SSSR count). The molecule has 0 saturated heterocycles. The van der Waals surface area contributed by atoms with Crippen LogP contribution in [0, 0.1) is 6.92 Å². The van der Waals surface area contributed by atoms with Gasteiger partial charge in [0, 0.05) is 11.4 Å². The zero-order valence-corrected chi connectivity index (χ0v) is 13.3. The normalized spacial score (nSPS) is 12.1. The molecule has 112 valence electrons. The molecule has 4 nitrogen and oxygen atoms in total. The van der Waals surface area contributed by atoms with Crippen LogP contribution < -0.4 is 10.6 Å². The van der Waals surface area contributed by atoms with Gasteiger partial charge in [-0.25, -0.2) is 4.98 Å². The quantitative estimate of drug-likeness (QED) is 0.764. The van der Waals surface area contributed by atoms with Crippen LogP contribution in [0.15, 0.2) is 48.5 Å². The first-order valence-corrected chi connectivity index (χ1v) is 7.93. The van der Waals surface area contributed by atoms with Crippen molar-refractivity contribution >= 4 is 38.8 Å². The Balaban J connectivity index is 1.69. The minimum atomic E-state index is -0.327. The van der Waals surface area contributed by atoms with Gasteiger partial charge in [0.25, 0.3) is 0 Å². The lowest BCUT2D eigenvalue weighted by atomic mass is 10.2. The third-order valence-electron chi connectivity index (χ3n) is 3.31. The largest absolute Gasteiger partial charge is 0.374 e. The number of carbonyl (C=O) groups excluding carboxylic acids is 1. The first-order chi connectivity index (χ1) is 10.6. The van der Waals surface area contributed by atoms with E-state index in [0.29, 0.717) is 0 Å². The Kier molecular flexibility index (Phi) is 4.06. The lowest BCUT2D eigenvalue weighted by Crippen LogP contribution is -2.31. The molecule has 2 N–H and O–H groups in total. The van der Waals surface area contributed by atoms with Gasteiger partial charge in [0.2, 0.25) is 5.91 Å². The Morgan fingerprint density at radius 1 is 1.14 bits per heavy atom. The molecule has 1 atom stereocenters. The second-order valence-electron chi connectivity index (χ2n) is 5.14. The third-order valence-corrected chi connectivity index (χ3v) is 4.25. The Morgan fingerprint density at radius 3 is 2.68 bits per heavy atom. The highest BCUT2D eigenvalue weighted by molar-refractivity contribution is 7.18. The van der Waals surface area contributed by atoms with E-state index in [-0.39, 0.29) is 11.9 Å². The SMILES string of the molecule is Cc1nc2ccc(N[C@H](C)C(=O)Nc3ccccc3)cc2s1. The van der Waals surface area contributed by atoms with E-state index in [1.807, 2.05) is 62.4 Å². The predicted molar refractivity (Wildman–Crippen MR) is 92.5 cm³/mol. The molecule has 1 heterocycles. The third kappa shape index (κ3) is 3.26. The summed E-state index contributed by atoms with van der Waals surface area (Å²) in [5, 5.41) is 7.17. The molecule has 3 aromatic rings. The number of aromatic nitrogens is 1. The molecule has 5 heteroatoms. The number of hydrogen-bond acceptors (Lipinski definition) is 4. The van der Waals surface area contributed by atoms with Crippen LogP contribution in [0.5, 0.6) is 0 Å². The zero-order chi connectivity index (χ0) is 15.5. The summed E-state index contributed by atoms with van der Waals surface area (Å²) < 4.78 is 1.12. The first kappa shape index (κ1) is 14.5. The topological polar surface area (TPSA) is 54.0 Å². The van der Waals surface area contributed by atoms with Gasteiger partial charge in [0.05, 0.1) is 15.2 Å².